The van der Waals surface area contributed by atoms with Crippen LogP contribution in [0.3, 0.4) is 0 Å². The Kier molecular flexibility index (Phi) is 3.52. The number of amidine groups is 1. The number of amides is 1. The Bertz CT molecular complexity index is 270. The molecule has 1 saturated heterocycles. The monoisotopic (exact) mass is 215 g/mol. The number of oxime groups is 1. The first-order chi connectivity index (χ1) is 7.00. The highest BCUT2D eigenvalue weighted by atomic mass is 16.5. The molecule has 0 saturated carbocycles. The Morgan fingerprint density at radius 1 is 1.47 bits per heavy atom. The molecule has 0 bridgehead atoms. The van der Waals surface area contributed by atoms with Crippen molar-refractivity contribution in [1.82, 2.24) is 4.90 Å². The van der Waals surface area contributed by atoms with E-state index < -0.39 is 5.41 Å². The molecule has 1 heterocycles. The lowest BCUT2D eigenvalue weighted by molar-refractivity contribution is -0.141. The van der Waals surface area contributed by atoms with Gasteiger partial charge in [-0.25, -0.2) is 0 Å². The van der Waals surface area contributed by atoms with Crippen molar-refractivity contribution in [2.75, 3.05) is 26.3 Å². The first-order valence-electron chi connectivity index (χ1n) is 4.85. The molecule has 1 aliphatic heterocycles. The fraction of sp³-hybridized carbons (Fsp3) is 0.778. The summed E-state index contributed by atoms with van der Waals surface area (Å²) in [4.78, 5) is 13.7. The molecule has 0 aromatic carbocycles. The maximum Gasteiger partial charge on any atom is 0.236 e. The second-order valence-corrected chi connectivity index (χ2v) is 4.01. The number of nitrogens with zero attached hydrogens (tertiary/aromatic N) is 2. The third kappa shape index (κ3) is 2.38. The summed E-state index contributed by atoms with van der Waals surface area (Å²) in [6, 6.07) is 0. The Morgan fingerprint density at radius 3 is 2.47 bits per heavy atom. The van der Waals surface area contributed by atoms with Crippen LogP contribution in [-0.4, -0.2) is 48.2 Å². The summed E-state index contributed by atoms with van der Waals surface area (Å²) in [5.41, 5.74) is 4.51. The molecule has 6 nitrogen and oxygen atoms in total. The van der Waals surface area contributed by atoms with Crippen molar-refractivity contribution >= 4 is 11.7 Å². The smallest absolute Gasteiger partial charge is 0.236 e. The normalized spacial score (nSPS) is 19.1. The lowest BCUT2D eigenvalue weighted by Gasteiger charge is -2.33. The summed E-state index contributed by atoms with van der Waals surface area (Å²) in [7, 11) is 0. The lowest BCUT2D eigenvalue weighted by atomic mass is 9.90. The summed E-state index contributed by atoms with van der Waals surface area (Å²) in [6.45, 7) is 5.47. The van der Waals surface area contributed by atoms with E-state index in [-0.39, 0.29) is 11.7 Å². The fourth-order valence-electron chi connectivity index (χ4n) is 1.40. The SMILES string of the molecule is CC(C)(C(=O)N1CCOCC1)C(N)=NO. The zero-order valence-electron chi connectivity index (χ0n) is 9.06. The second-order valence-electron chi connectivity index (χ2n) is 4.01. The van der Waals surface area contributed by atoms with Gasteiger partial charge >= 0.3 is 0 Å². The van der Waals surface area contributed by atoms with Crippen LogP contribution in [0.5, 0.6) is 0 Å². The number of rotatable bonds is 2. The molecule has 86 valence electrons. The van der Waals surface area contributed by atoms with Gasteiger partial charge in [0.1, 0.15) is 5.41 Å². The molecular weight excluding hydrogens is 198 g/mol. The van der Waals surface area contributed by atoms with Crippen molar-refractivity contribution in [3.8, 4) is 0 Å². The molecular formula is C9H17N3O3. The lowest BCUT2D eigenvalue weighted by Crippen LogP contribution is -2.51. The quantitative estimate of drug-likeness (QED) is 0.284. The van der Waals surface area contributed by atoms with Crippen LogP contribution in [0, 0.1) is 5.41 Å². The molecule has 0 aromatic rings. The van der Waals surface area contributed by atoms with E-state index >= 15 is 0 Å². The van der Waals surface area contributed by atoms with Crippen LogP contribution in [0.15, 0.2) is 5.16 Å². The minimum atomic E-state index is -0.966. The Labute approximate surface area is 88.7 Å². The van der Waals surface area contributed by atoms with E-state index in [0.717, 1.165) is 0 Å². The number of nitrogens with two attached hydrogens (primary N) is 1. The standard InChI is InChI=1S/C9H17N3O3/c1-9(2,7(10)11-14)8(13)12-3-5-15-6-4-12/h14H,3-6H2,1-2H3,(H2,10,11). The molecule has 1 fully saturated rings. The largest absolute Gasteiger partial charge is 0.409 e. The van der Waals surface area contributed by atoms with Gasteiger partial charge < -0.3 is 20.6 Å². The number of carbonyl (C=O) groups is 1. The molecule has 0 unspecified atom stereocenters. The second kappa shape index (κ2) is 4.48. The first kappa shape index (κ1) is 11.8. The van der Waals surface area contributed by atoms with E-state index in [0.29, 0.717) is 26.3 Å². The maximum atomic E-state index is 12.0. The molecule has 6 heteroatoms. The van der Waals surface area contributed by atoms with Crippen LogP contribution in [0.1, 0.15) is 13.8 Å². The molecule has 3 N–H and O–H groups in total. The summed E-state index contributed by atoms with van der Waals surface area (Å²) >= 11 is 0. The van der Waals surface area contributed by atoms with Gasteiger partial charge in [0.15, 0.2) is 5.84 Å². The maximum absolute atomic E-state index is 12.0. The highest BCUT2D eigenvalue weighted by molar-refractivity contribution is 6.05. The molecule has 15 heavy (non-hydrogen) atoms. The van der Waals surface area contributed by atoms with Crippen LogP contribution in [0.2, 0.25) is 0 Å². The zero-order valence-corrected chi connectivity index (χ0v) is 9.06. The Morgan fingerprint density at radius 2 is 2.00 bits per heavy atom. The van der Waals surface area contributed by atoms with Crippen molar-refractivity contribution < 1.29 is 14.7 Å². The van der Waals surface area contributed by atoms with Crippen LogP contribution < -0.4 is 5.73 Å². The van der Waals surface area contributed by atoms with Crippen LogP contribution in [-0.2, 0) is 9.53 Å². The van der Waals surface area contributed by atoms with Gasteiger partial charge in [0.2, 0.25) is 5.91 Å². The number of morpholine rings is 1. The topological polar surface area (TPSA) is 88.2 Å². The van der Waals surface area contributed by atoms with Crippen molar-refractivity contribution in [2.24, 2.45) is 16.3 Å². The van der Waals surface area contributed by atoms with Gasteiger partial charge in [0.25, 0.3) is 0 Å². The van der Waals surface area contributed by atoms with E-state index in [1.165, 1.54) is 0 Å². The third-order valence-corrected chi connectivity index (χ3v) is 2.58. The molecule has 1 amide bonds. The Balaban J connectivity index is 2.73. The van der Waals surface area contributed by atoms with Crippen molar-refractivity contribution in [1.29, 1.82) is 0 Å². The molecule has 0 aromatic heterocycles. The van der Waals surface area contributed by atoms with Gasteiger partial charge in [0, 0.05) is 13.1 Å². The van der Waals surface area contributed by atoms with Gasteiger partial charge in [-0.05, 0) is 13.8 Å². The van der Waals surface area contributed by atoms with Gasteiger partial charge in [-0.1, -0.05) is 5.16 Å². The zero-order chi connectivity index (χ0) is 11.5. The average Bonchev–Trinajstić information content (AvgIpc) is 2.28. The minimum absolute atomic E-state index is 0.0704. The van der Waals surface area contributed by atoms with E-state index in [4.69, 9.17) is 15.7 Å². The summed E-state index contributed by atoms with van der Waals surface area (Å²) < 4.78 is 5.14. The van der Waals surface area contributed by atoms with Crippen LogP contribution in [0.4, 0.5) is 0 Å². The van der Waals surface area contributed by atoms with E-state index in [1.54, 1.807) is 18.7 Å². The summed E-state index contributed by atoms with van der Waals surface area (Å²) in [5, 5.41) is 11.5. The number of ether oxygens (including phenoxy) is 1. The molecule has 0 spiro atoms. The van der Waals surface area contributed by atoms with E-state index in [2.05, 4.69) is 5.16 Å². The summed E-state index contributed by atoms with van der Waals surface area (Å²) in [5.74, 6) is -0.208. The number of hydrogen-bond acceptors (Lipinski definition) is 4. The van der Waals surface area contributed by atoms with Gasteiger partial charge in [-0.15, -0.1) is 0 Å². The Hall–Kier alpha value is -1.30. The van der Waals surface area contributed by atoms with Crippen LogP contribution in [0.25, 0.3) is 0 Å². The number of hydrogen-bond donors (Lipinski definition) is 2. The fourth-order valence-corrected chi connectivity index (χ4v) is 1.40. The first-order valence-corrected chi connectivity index (χ1v) is 4.85. The third-order valence-electron chi connectivity index (χ3n) is 2.58. The van der Waals surface area contributed by atoms with Gasteiger partial charge in [0.05, 0.1) is 13.2 Å². The van der Waals surface area contributed by atoms with Crippen molar-refractivity contribution in [3.05, 3.63) is 0 Å². The molecule has 0 radical (unpaired) electrons. The molecule has 0 aliphatic carbocycles. The van der Waals surface area contributed by atoms with Gasteiger partial charge in [-0.3, -0.25) is 4.79 Å². The predicted molar refractivity (Wildman–Crippen MR) is 54.6 cm³/mol. The van der Waals surface area contributed by atoms with E-state index in [9.17, 15) is 4.79 Å². The van der Waals surface area contributed by atoms with Crippen molar-refractivity contribution in [2.45, 2.75) is 13.8 Å². The minimum Gasteiger partial charge on any atom is -0.409 e. The molecule has 1 rings (SSSR count). The van der Waals surface area contributed by atoms with Crippen LogP contribution >= 0.6 is 0 Å². The van der Waals surface area contributed by atoms with Crippen molar-refractivity contribution in [3.63, 3.8) is 0 Å². The average molecular weight is 215 g/mol. The molecule has 1 aliphatic rings. The summed E-state index contributed by atoms with van der Waals surface area (Å²) in [6.07, 6.45) is 0. The van der Waals surface area contributed by atoms with E-state index in [1.807, 2.05) is 0 Å². The van der Waals surface area contributed by atoms with Gasteiger partial charge in [-0.2, -0.15) is 0 Å². The highest BCUT2D eigenvalue weighted by Gasteiger charge is 2.36. The highest BCUT2D eigenvalue weighted by Crippen LogP contribution is 2.19. The molecule has 0 atom stereocenters. The number of carbonyl (C=O) groups excluding carboxylic acids is 1. The predicted octanol–water partition coefficient (Wildman–Crippen LogP) is -0.382.